The van der Waals surface area contributed by atoms with Crippen LogP contribution in [0.3, 0.4) is 0 Å². The summed E-state index contributed by atoms with van der Waals surface area (Å²) in [5.41, 5.74) is 0. The summed E-state index contributed by atoms with van der Waals surface area (Å²) in [7, 11) is -0.770. The summed E-state index contributed by atoms with van der Waals surface area (Å²) in [4.78, 5) is 0. The van der Waals surface area contributed by atoms with Crippen molar-refractivity contribution in [3.63, 3.8) is 0 Å². The lowest BCUT2D eigenvalue weighted by atomic mass is 10.8. The minimum atomic E-state index is -0.770. The molecular weight excluding hydrogens is 227 g/mol. The van der Waals surface area contributed by atoms with Gasteiger partial charge in [0, 0.05) is 8.07 Å². The summed E-state index contributed by atoms with van der Waals surface area (Å²) in [6.07, 6.45) is 2.26. The van der Waals surface area contributed by atoms with Crippen LogP contribution in [0.2, 0.25) is 25.7 Å². The first-order valence-corrected chi connectivity index (χ1v) is 7.77. The van der Waals surface area contributed by atoms with Gasteiger partial charge in [-0.25, -0.2) is 0 Å². The van der Waals surface area contributed by atoms with Gasteiger partial charge in [-0.2, -0.15) is 0 Å². The molecule has 0 saturated heterocycles. The number of rotatable bonds is 2. The van der Waals surface area contributed by atoms with Gasteiger partial charge in [-0.3, -0.25) is 0 Å². The molecule has 0 amide bonds. The van der Waals surface area contributed by atoms with E-state index >= 15 is 0 Å². The van der Waals surface area contributed by atoms with Crippen LogP contribution in [0.5, 0.6) is 0 Å². The van der Waals surface area contributed by atoms with Crippen LogP contribution in [-0.4, -0.2) is 8.07 Å². The molecule has 0 N–H and O–H groups in total. The van der Waals surface area contributed by atoms with Gasteiger partial charge in [-0.1, -0.05) is 48.3 Å². The maximum atomic E-state index is 2.38. The second-order valence-corrected chi connectivity index (χ2v) is 9.38. The fraction of sp³-hybridized carbons (Fsp3) is 0.667. The fourth-order valence-corrected chi connectivity index (χ4v) is 1.96. The number of allylic oxidation sites excluding steroid dienone is 1. The van der Waals surface area contributed by atoms with Crippen molar-refractivity contribution >= 4 is 30.7 Å². The van der Waals surface area contributed by atoms with Crippen LogP contribution >= 0.6 is 22.6 Å². The monoisotopic (exact) mass is 240 g/mol. The molecule has 8 heavy (non-hydrogen) atoms. The van der Waals surface area contributed by atoms with E-state index in [1.165, 1.54) is 6.04 Å². The third-order valence-electron chi connectivity index (χ3n) is 0.819. The second-order valence-electron chi connectivity index (χ2n) is 3.13. The van der Waals surface area contributed by atoms with Crippen molar-refractivity contribution < 1.29 is 0 Å². The Balaban J connectivity index is 3.39. The molecule has 2 heteroatoms. The van der Waals surface area contributed by atoms with E-state index in [0.717, 1.165) is 0 Å². The maximum absolute atomic E-state index is 2.38. The molecular formula is C6H13ISi. The largest absolute Gasteiger partial charge is 0.0811 e. The predicted molar refractivity (Wildman–Crippen MR) is 51.3 cm³/mol. The summed E-state index contributed by atoms with van der Waals surface area (Å²) >= 11 is 2.27. The van der Waals surface area contributed by atoms with Crippen LogP contribution in [0.15, 0.2) is 10.2 Å². The summed E-state index contributed by atoms with van der Waals surface area (Å²) in [6, 6.07) is 1.32. The first-order chi connectivity index (χ1) is 3.56. The van der Waals surface area contributed by atoms with Crippen molar-refractivity contribution in [1.29, 1.82) is 0 Å². The highest BCUT2D eigenvalue weighted by Crippen LogP contribution is 2.08. The molecule has 0 aromatic carbocycles. The van der Waals surface area contributed by atoms with Gasteiger partial charge in [0.1, 0.15) is 0 Å². The van der Waals surface area contributed by atoms with Gasteiger partial charge < -0.3 is 0 Å². The van der Waals surface area contributed by atoms with Crippen molar-refractivity contribution in [1.82, 2.24) is 0 Å². The first kappa shape index (κ1) is 8.69. The molecule has 0 saturated carbocycles. The van der Waals surface area contributed by atoms with E-state index in [-0.39, 0.29) is 0 Å². The van der Waals surface area contributed by atoms with E-state index in [4.69, 9.17) is 0 Å². The smallest absolute Gasteiger partial charge is 0.0480 e. The first-order valence-electron chi connectivity index (χ1n) is 2.81. The highest BCUT2D eigenvalue weighted by Gasteiger charge is 2.08. The van der Waals surface area contributed by atoms with E-state index in [2.05, 4.69) is 52.4 Å². The van der Waals surface area contributed by atoms with Gasteiger partial charge in [0.15, 0.2) is 0 Å². The Labute approximate surface area is 66.5 Å². The Bertz CT molecular complexity index is 81.0. The highest BCUT2D eigenvalue weighted by molar-refractivity contribution is 14.1. The summed E-state index contributed by atoms with van der Waals surface area (Å²) in [6.45, 7) is 7.14. The van der Waals surface area contributed by atoms with Crippen molar-refractivity contribution in [3.05, 3.63) is 10.2 Å². The molecule has 0 aliphatic rings. The average molecular weight is 240 g/mol. The molecule has 0 spiro atoms. The van der Waals surface area contributed by atoms with Crippen molar-refractivity contribution in [2.24, 2.45) is 0 Å². The van der Waals surface area contributed by atoms with E-state index in [1.807, 2.05) is 0 Å². The van der Waals surface area contributed by atoms with Crippen LogP contribution in [-0.2, 0) is 0 Å². The lowest BCUT2D eigenvalue weighted by Crippen LogP contribution is -2.17. The Morgan fingerprint density at radius 2 is 1.88 bits per heavy atom. The maximum Gasteiger partial charge on any atom is 0.0480 e. The Hall–Kier alpha value is 0.687. The van der Waals surface area contributed by atoms with Crippen molar-refractivity contribution in [2.75, 3.05) is 0 Å². The molecule has 0 atom stereocenters. The molecule has 0 fully saturated rings. The van der Waals surface area contributed by atoms with Crippen LogP contribution in [0.4, 0.5) is 0 Å². The molecule has 0 heterocycles. The highest BCUT2D eigenvalue weighted by atomic mass is 127. The van der Waals surface area contributed by atoms with Gasteiger partial charge in [0.05, 0.1) is 0 Å². The number of halogens is 1. The van der Waals surface area contributed by atoms with Crippen molar-refractivity contribution in [3.8, 4) is 0 Å². The molecule has 0 aliphatic carbocycles. The molecule has 0 radical (unpaired) electrons. The standard InChI is InChI=1S/C6H13ISi/c1-8(2,3)6-4-5-7/h4-5H,6H2,1-3H3. The molecule has 0 aromatic heterocycles. The molecule has 0 nitrogen and oxygen atoms in total. The second kappa shape index (κ2) is 3.66. The van der Waals surface area contributed by atoms with Crippen LogP contribution in [0.1, 0.15) is 0 Å². The topological polar surface area (TPSA) is 0 Å². The molecule has 0 aromatic rings. The Morgan fingerprint density at radius 1 is 1.38 bits per heavy atom. The molecule has 48 valence electrons. The Morgan fingerprint density at radius 3 is 2.00 bits per heavy atom. The van der Waals surface area contributed by atoms with Gasteiger partial charge >= 0.3 is 0 Å². The van der Waals surface area contributed by atoms with E-state index in [9.17, 15) is 0 Å². The van der Waals surface area contributed by atoms with Gasteiger partial charge in [0.2, 0.25) is 0 Å². The lowest BCUT2D eigenvalue weighted by molar-refractivity contribution is 1.52. The number of hydrogen-bond acceptors (Lipinski definition) is 0. The quantitative estimate of drug-likeness (QED) is 0.513. The third-order valence-corrected chi connectivity index (χ3v) is 2.79. The molecule has 0 unspecified atom stereocenters. The molecule has 0 rings (SSSR count). The van der Waals surface area contributed by atoms with Gasteiger partial charge in [-0.15, -0.1) is 0 Å². The van der Waals surface area contributed by atoms with Crippen molar-refractivity contribution in [2.45, 2.75) is 25.7 Å². The van der Waals surface area contributed by atoms with Gasteiger partial charge in [-0.05, 0) is 10.1 Å². The van der Waals surface area contributed by atoms with Crippen LogP contribution in [0, 0.1) is 0 Å². The summed E-state index contributed by atoms with van der Waals surface area (Å²) in [5.74, 6) is 0. The van der Waals surface area contributed by atoms with E-state index in [0.29, 0.717) is 0 Å². The Kier molecular flexibility index (Phi) is 3.98. The van der Waals surface area contributed by atoms with Gasteiger partial charge in [0.25, 0.3) is 0 Å². The minimum Gasteiger partial charge on any atom is -0.0811 e. The normalized spacial score (nSPS) is 13.0. The van der Waals surface area contributed by atoms with Crippen LogP contribution in [0.25, 0.3) is 0 Å². The zero-order chi connectivity index (χ0) is 6.62. The van der Waals surface area contributed by atoms with Crippen LogP contribution < -0.4 is 0 Å². The predicted octanol–water partition coefficient (Wildman–Crippen LogP) is 3.27. The fourth-order valence-electron chi connectivity index (χ4n) is 0.398. The summed E-state index contributed by atoms with van der Waals surface area (Å²) in [5, 5.41) is 0. The number of hydrogen-bond donors (Lipinski definition) is 0. The molecule has 0 bridgehead atoms. The third kappa shape index (κ3) is 6.69. The molecule has 0 aliphatic heterocycles. The van der Waals surface area contributed by atoms with E-state index < -0.39 is 8.07 Å². The summed E-state index contributed by atoms with van der Waals surface area (Å²) < 4.78 is 2.11. The minimum absolute atomic E-state index is 0.770. The van der Waals surface area contributed by atoms with E-state index in [1.54, 1.807) is 0 Å². The SMILES string of the molecule is C[Si](C)(C)CC=CI. The average Bonchev–Trinajstić information content (AvgIpc) is 1.59. The zero-order valence-corrected chi connectivity index (χ0v) is 8.90. The lowest BCUT2D eigenvalue weighted by Gasteiger charge is -2.10. The zero-order valence-electron chi connectivity index (χ0n) is 5.74.